The first-order valence-corrected chi connectivity index (χ1v) is 13.8. The number of hydrogen-bond acceptors (Lipinski definition) is 0. The van der Waals surface area contributed by atoms with E-state index in [-0.39, 0.29) is 9.98 Å². The van der Waals surface area contributed by atoms with E-state index in [1.807, 2.05) is 21.6 Å². The predicted molar refractivity (Wildman–Crippen MR) is 35.9 cm³/mol. The molecule has 0 nitrogen and oxygen atoms in total. The monoisotopic (exact) mass is 250 g/mol. The minimum absolute atomic E-state index is 0.345. The molecule has 0 N–H and O–H groups in total. The second-order valence-electron chi connectivity index (χ2n) is 2.10. The quantitative estimate of drug-likeness (QED) is 0.672. The molecule has 0 unspecified atom stereocenters. The zero-order valence-corrected chi connectivity index (χ0v) is 10.4. The molecule has 0 aliphatic rings. The Morgan fingerprint density at radius 2 is 1.50 bits per heavy atom. The first-order valence-electron chi connectivity index (χ1n) is 3.37. The van der Waals surface area contributed by atoms with E-state index in [0.717, 1.165) is 0 Å². The molecule has 0 fully saturated rings. The van der Waals surface area contributed by atoms with Gasteiger partial charge in [-0.25, -0.2) is 0 Å². The molecule has 8 heavy (non-hydrogen) atoms. The molecule has 0 amide bonds. The van der Waals surface area contributed by atoms with Crippen molar-refractivity contribution in [3.05, 3.63) is 0 Å². The van der Waals surface area contributed by atoms with Crippen LogP contribution in [0.1, 0.15) is 26.7 Å². The maximum atomic E-state index is 2.31. The second-order valence-corrected chi connectivity index (χ2v) is 15.8. The van der Waals surface area contributed by atoms with Crippen LogP contribution in [0.25, 0.3) is 0 Å². The third-order valence-corrected chi connectivity index (χ3v) is 12.1. The Labute approximate surface area is 68.3 Å². The Morgan fingerprint density at radius 1 is 1.12 bits per heavy atom. The van der Waals surface area contributed by atoms with Crippen molar-refractivity contribution < 1.29 is 21.6 Å². The van der Waals surface area contributed by atoms with E-state index in [9.17, 15) is 0 Å². The van der Waals surface area contributed by atoms with E-state index in [0.29, 0.717) is 0 Å². The van der Waals surface area contributed by atoms with Crippen molar-refractivity contribution in [3.63, 3.8) is 0 Å². The summed E-state index contributed by atoms with van der Waals surface area (Å²) in [7, 11) is -0.345. The van der Waals surface area contributed by atoms with Gasteiger partial charge in [-0.15, -0.1) is 0 Å². The molecule has 0 saturated heterocycles. The van der Waals surface area contributed by atoms with Gasteiger partial charge in [-0.05, 0) is 0 Å². The van der Waals surface area contributed by atoms with E-state index in [1.165, 1.54) is 12.8 Å². The maximum absolute atomic E-state index is 2.31. The summed E-state index contributed by atoms with van der Waals surface area (Å²) in [6, 6.07) is 0. The van der Waals surface area contributed by atoms with Crippen LogP contribution < -0.4 is 0 Å². The summed E-state index contributed by atoms with van der Waals surface area (Å²) in [5.74, 6) is 0. The van der Waals surface area contributed by atoms with Crippen LogP contribution in [0.2, 0.25) is 10.5 Å². The molecule has 0 rings (SSSR count). The third-order valence-electron chi connectivity index (χ3n) is 1.10. The molecular weight excluding hydrogens is 236 g/mol. The van der Waals surface area contributed by atoms with Crippen molar-refractivity contribution >= 4 is 9.98 Å². The van der Waals surface area contributed by atoms with Crippen molar-refractivity contribution in [1.82, 2.24) is 0 Å². The van der Waals surface area contributed by atoms with Crippen LogP contribution in [0.3, 0.4) is 0 Å². The van der Waals surface area contributed by atoms with Crippen molar-refractivity contribution in [2.75, 3.05) is 0 Å². The third kappa shape index (κ3) is 5.56. The standard InChI is InChI=1S/C6H14Ge.Zr/c1-3-5-7-6-4-2;/h3-6H2,1-2H3;/q;+2. The van der Waals surface area contributed by atoms with Gasteiger partial charge in [0.15, 0.2) is 0 Å². The molecule has 0 aliphatic carbocycles. The van der Waals surface area contributed by atoms with Gasteiger partial charge in [-0.3, -0.25) is 0 Å². The zero-order valence-electron chi connectivity index (χ0n) is 5.83. The number of hydrogen-bond donors (Lipinski definition) is 0. The van der Waals surface area contributed by atoms with Gasteiger partial charge < -0.3 is 0 Å². The summed E-state index contributed by atoms with van der Waals surface area (Å²) in [4.78, 5) is 0. The molecule has 0 aromatic heterocycles. The van der Waals surface area contributed by atoms with Crippen LogP contribution in [0.15, 0.2) is 0 Å². The molecule has 0 saturated carbocycles. The fourth-order valence-electron chi connectivity index (χ4n) is 0.729. The van der Waals surface area contributed by atoms with Crippen LogP contribution in [0.4, 0.5) is 0 Å². The molecule has 0 atom stereocenters. The van der Waals surface area contributed by atoms with Crippen LogP contribution in [-0.2, 0) is 21.6 Å². The van der Waals surface area contributed by atoms with Gasteiger partial charge in [0.2, 0.25) is 0 Å². The average molecular weight is 250 g/mol. The van der Waals surface area contributed by atoms with E-state index < -0.39 is 0 Å². The van der Waals surface area contributed by atoms with Gasteiger partial charge in [0.25, 0.3) is 0 Å². The Bertz CT molecular complexity index is 62.9. The predicted octanol–water partition coefficient (Wildman–Crippen LogP) is 2.34. The topological polar surface area (TPSA) is 0 Å². The average Bonchev–Trinajstić information content (AvgIpc) is 1.68. The molecule has 0 spiro atoms. The van der Waals surface area contributed by atoms with Crippen LogP contribution in [0, 0.1) is 0 Å². The first kappa shape index (κ1) is 9.43. The summed E-state index contributed by atoms with van der Waals surface area (Å²) in [5, 5.41) is 3.23. The summed E-state index contributed by atoms with van der Waals surface area (Å²) in [6.45, 7) is 4.62. The molecule has 0 radical (unpaired) electrons. The van der Waals surface area contributed by atoms with Gasteiger partial charge in [0.05, 0.1) is 0 Å². The van der Waals surface area contributed by atoms with Gasteiger partial charge in [-0.2, -0.15) is 0 Å². The Balaban J connectivity index is 3.06. The Morgan fingerprint density at radius 3 is 1.75 bits per heavy atom. The molecule has 2 heteroatoms. The van der Waals surface area contributed by atoms with E-state index in [4.69, 9.17) is 0 Å². The zero-order chi connectivity index (χ0) is 6.41. The molecule has 0 aliphatic heterocycles. The normalized spacial score (nSPS) is 9.50. The van der Waals surface area contributed by atoms with Gasteiger partial charge in [-0.1, -0.05) is 0 Å². The second kappa shape index (κ2) is 6.54. The minimum atomic E-state index is -0.345. The molecule has 0 heterocycles. The van der Waals surface area contributed by atoms with E-state index in [1.54, 1.807) is 10.5 Å². The Kier molecular flexibility index (Phi) is 7.71. The van der Waals surface area contributed by atoms with E-state index >= 15 is 0 Å². The summed E-state index contributed by atoms with van der Waals surface area (Å²) >= 11 is 1.90. The molecule has 0 aromatic rings. The summed E-state index contributed by atoms with van der Waals surface area (Å²) in [5.41, 5.74) is 0. The van der Waals surface area contributed by atoms with Crippen molar-refractivity contribution in [3.8, 4) is 0 Å². The number of rotatable bonds is 4. The summed E-state index contributed by atoms with van der Waals surface area (Å²) < 4.78 is 0. The van der Waals surface area contributed by atoms with Gasteiger partial charge in [0.1, 0.15) is 0 Å². The summed E-state index contributed by atoms with van der Waals surface area (Å²) in [6.07, 6.45) is 2.89. The first-order chi connectivity index (χ1) is 3.81. The fourth-order valence-corrected chi connectivity index (χ4v) is 10.2. The molecule has 44 valence electrons. The van der Waals surface area contributed by atoms with Gasteiger partial charge >= 0.3 is 68.8 Å². The van der Waals surface area contributed by atoms with Crippen molar-refractivity contribution in [2.24, 2.45) is 0 Å². The van der Waals surface area contributed by atoms with E-state index in [2.05, 4.69) is 13.8 Å². The van der Waals surface area contributed by atoms with Gasteiger partial charge in [0, 0.05) is 0 Å². The Hall–Kier alpha value is 1.43. The van der Waals surface area contributed by atoms with Crippen molar-refractivity contribution in [1.29, 1.82) is 0 Å². The fraction of sp³-hybridized carbons (Fsp3) is 1.00. The molecule has 0 aromatic carbocycles. The SMILES string of the molecule is CC[CH2][Ge](=[Zr+2])[CH2]CC. The van der Waals surface area contributed by atoms with Crippen LogP contribution in [0.5, 0.6) is 0 Å². The van der Waals surface area contributed by atoms with Crippen molar-refractivity contribution in [2.45, 2.75) is 37.2 Å². The van der Waals surface area contributed by atoms with Crippen LogP contribution in [-0.4, -0.2) is 9.98 Å². The van der Waals surface area contributed by atoms with Crippen LogP contribution >= 0.6 is 0 Å². The molecule has 0 bridgehead atoms. The molecular formula is C6H14GeZr+2.